The minimum atomic E-state index is -0.222. The molecule has 104 valence electrons. The summed E-state index contributed by atoms with van der Waals surface area (Å²) in [4.78, 5) is 4.31. The van der Waals surface area contributed by atoms with E-state index < -0.39 is 0 Å². The number of thiophene rings is 1. The lowest BCUT2D eigenvalue weighted by atomic mass is 10.3. The smallest absolute Gasteiger partial charge is 0.178 e. The number of hydrogen-bond donors (Lipinski definition) is 1. The van der Waals surface area contributed by atoms with Gasteiger partial charge in [0.15, 0.2) is 4.77 Å². The zero-order valence-electron chi connectivity index (χ0n) is 10.1. The molecule has 0 fully saturated rings. The van der Waals surface area contributed by atoms with Crippen LogP contribution in [0.15, 0.2) is 24.3 Å². The van der Waals surface area contributed by atoms with Gasteiger partial charge in [0.1, 0.15) is 5.82 Å². The highest BCUT2D eigenvalue weighted by Crippen LogP contribution is 2.24. The molecule has 0 saturated heterocycles. The molecule has 0 amide bonds. The number of hydrogen-bond acceptors (Lipinski definition) is 2. The van der Waals surface area contributed by atoms with E-state index in [9.17, 15) is 4.39 Å². The molecule has 0 spiro atoms. The maximum Gasteiger partial charge on any atom is 0.178 e. The van der Waals surface area contributed by atoms with Gasteiger partial charge in [0.2, 0.25) is 0 Å². The molecule has 1 aromatic carbocycles. The molecule has 2 aromatic heterocycles. The number of imidazole rings is 1. The first-order valence-electron chi connectivity index (χ1n) is 5.86. The zero-order valence-corrected chi connectivity index (χ0v) is 14.7. The number of aromatic nitrogens is 2. The molecule has 0 unspecified atom stereocenters. The Morgan fingerprint density at radius 2 is 2.20 bits per heavy atom. The third-order valence-electron chi connectivity index (χ3n) is 3.03. The first-order valence-corrected chi connectivity index (χ1v) is 8.54. The Labute approximate surface area is 142 Å². The first kappa shape index (κ1) is 14.5. The summed E-state index contributed by atoms with van der Waals surface area (Å²) in [5, 5.41) is 0. The van der Waals surface area contributed by atoms with Crippen molar-refractivity contribution < 1.29 is 4.39 Å². The lowest BCUT2D eigenvalue weighted by molar-refractivity contribution is 0.620. The number of nitrogens with zero attached hydrogens (tertiary/aromatic N) is 1. The van der Waals surface area contributed by atoms with E-state index in [1.54, 1.807) is 17.4 Å². The van der Waals surface area contributed by atoms with E-state index in [1.807, 2.05) is 39.3 Å². The molecule has 7 heteroatoms. The molecule has 0 aliphatic rings. The van der Waals surface area contributed by atoms with E-state index in [0.717, 1.165) is 21.8 Å². The lowest BCUT2D eigenvalue weighted by Crippen LogP contribution is -2.00. The molecule has 0 saturated carbocycles. The number of halogens is 3. The van der Waals surface area contributed by atoms with Crippen LogP contribution in [-0.2, 0) is 13.0 Å². The van der Waals surface area contributed by atoms with E-state index >= 15 is 0 Å². The number of H-pyrrole nitrogens is 1. The summed E-state index contributed by atoms with van der Waals surface area (Å²) in [5.41, 5.74) is 1.67. The zero-order chi connectivity index (χ0) is 14.3. The van der Waals surface area contributed by atoms with Crippen LogP contribution in [0.25, 0.3) is 11.0 Å². The summed E-state index contributed by atoms with van der Waals surface area (Å²) < 4.78 is 17.6. The Morgan fingerprint density at radius 1 is 1.40 bits per heavy atom. The van der Waals surface area contributed by atoms with Crippen LogP contribution in [0.2, 0.25) is 4.34 Å². The van der Waals surface area contributed by atoms with Crippen molar-refractivity contribution in [2.45, 2.75) is 13.0 Å². The van der Waals surface area contributed by atoms with Gasteiger partial charge in [0.25, 0.3) is 0 Å². The van der Waals surface area contributed by atoms with Crippen LogP contribution in [0.1, 0.15) is 4.88 Å². The number of rotatable bonds is 3. The van der Waals surface area contributed by atoms with Crippen molar-refractivity contribution in [1.82, 2.24) is 9.55 Å². The van der Waals surface area contributed by atoms with Crippen molar-refractivity contribution in [3.8, 4) is 0 Å². The van der Waals surface area contributed by atoms with Gasteiger partial charge in [0, 0.05) is 17.5 Å². The SMILES string of the molecule is Fc1cc2c(cc1I)[nH]c(=S)n2CCc1ccc(Cl)s1. The monoisotopic (exact) mass is 438 g/mol. The van der Waals surface area contributed by atoms with Crippen LogP contribution in [0.3, 0.4) is 0 Å². The minimum Gasteiger partial charge on any atom is -0.331 e. The van der Waals surface area contributed by atoms with Gasteiger partial charge in [-0.2, -0.15) is 0 Å². The second kappa shape index (κ2) is 5.75. The summed E-state index contributed by atoms with van der Waals surface area (Å²) in [6.07, 6.45) is 0.826. The van der Waals surface area contributed by atoms with Gasteiger partial charge in [-0.05, 0) is 59.4 Å². The molecular weight excluding hydrogens is 430 g/mol. The molecule has 2 nitrogen and oxygen atoms in total. The molecule has 0 aliphatic heterocycles. The Kier molecular flexibility index (Phi) is 4.16. The minimum absolute atomic E-state index is 0.222. The van der Waals surface area contributed by atoms with Crippen LogP contribution < -0.4 is 0 Å². The van der Waals surface area contributed by atoms with Gasteiger partial charge in [-0.3, -0.25) is 0 Å². The summed E-state index contributed by atoms with van der Waals surface area (Å²) in [6, 6.07) is 7.21. The van der Waals surface area contributed by atoms with Crippen molar-refractivity contribution in [2.75, 3.05) is 0 Å². The Balaban J connectivity index is 1.96. The quantitative estimate of drug-likeness (QED) is 0.429. The largest absolute Gasteiger partial charge is 0.331 e. The molecule has 1 N–H and O–H groups in total. The van der Waals surface area contributed by atoms with E-state index in [0.29, 0.717) is 14.9 Å². The van der Waals surface area contributed by atoms with Crippen LogP contribution in [0.4, 0.5) is 4.39 Å². The summed E-state index contributed by atoms with van der Waals surface area (Å²) in [7, 11) is 0. The maximum absolute atomic E-state index is 13.7. The Hall–Kier alpha value is -0.440. The van der Waals surface area contributed by atoms with Gasteiger partial charge in [-0.25, -0.2) is 4.39 Å². The van der Waals surface area contributed by atoms with Crippen LogP contribution in [0.5, 0.6) is 0 Å². The Bertz CT molecular complexity index is 837. The number of nitrogens with one attached hydrogen (secondary N) is 1. The molecule has 20 heavy (non-hydrogen) atoms. The summed E-state index contributed by atoms with van der Waals surface area (Å²) >= 11 is 14.8. The third kappa shape index (κ3) is 2.79. The fourth-order valence-corrected chi connectivity index (χ4v) is 3.92. The van der Waals surface area contributed by atoms with Crippen molar-refractivity contribution in [3.05, 3.63) is 47.6 Å². The normalized spacial score (nSPS) is 11.3. The molecule has 0 bridgehead atoms. The fraction of sp³-hybridized carbons (Fsp3) is 0.154. The van der Waals surface area contributed by atoms with E-state index in [4.69, 9.17) is 23.8 Å². The highest BCUT2D eigenvalue weighted by atomic mass is 127. The topological polar surface area (TPSA) is 20.7 Å². The first-order chi connectivity index (χ1) is 9.54. The van der Waals surface area contributed by atoms with E-state index in [-0.39, 0.29) is 5.82 Å². The molecule has 2 heterocycles. The van der Waals surface area contributed by atoms with Gasteiger partial charge in [-0.1, -0.05) is 11.6 Å². The van der Waals surface area contributed by atoms with Crippen molar-refractivity contribution in [1.29, 1.82) is 0 Å². The van der Waals surface area contributed by atoms with Crippen molar-refractivity contribution in [3.63, 3.8) is 0 Å². The van der Waals surface area contributed by atoms with Crippen molar-refractivity contribution in [2.24, 2.45) is 0 Å². The molecular formula is C13H9ClFIN2S2. The average molecular weight is 439 g/mol. The standard InChI is InChI=1S/C13H9ClFIN2S2/c14-12-2-1-7(20-12)3-4-18-11-5-8(15)9(16)6-10(11)17-13(18)19/h1-2,5-6H,3-4H2,(H,17,19). The number of aromatic amines is 1. The van der Waals surface area contributed by atoms with Gasteiger partial charge >= 0.3 is 0 Å². The highest BCUT2D eigenvalue weighted by Gasteiger charge is 2.09. The van der Waals surface area contributed by atoms with Gasteiger partial charge in [-0.15, -0.1) is 11.3 Å². The number of fused-ring (bicyclic) bond motifs is 1. The average Bonchev–Trinajstić information content (AvgIpc) is 2.92. The molecule has 0 aliphatic carbocycles. The number of benzene rings is 1. The van der Waals surface area contributed by atoms with Crippen LogP contribution in [0, 0.1) is 14.2 Å². The van der Waals surface area contributed by atoms with Crippen LogP contribution in [-0.4, -0.2) is 9.55 Å². The molecule has 3 rings (SSSR count). The van der Waals surface area contributed by atoms with E-state index in [1.165, 1.54) is 10.9 Å². The summed E-state index contributed by atoms with van der Waals surface area (Å²) in [5.74, 6) is -0.222. The van der Waals surface area contributed by atoms with Gasteiger partial charge in [0.05, 0.1) is 18.9 Å². The predicted octanol–water partition coefficient (Wildman–Crippen LogP) is 5.40. The molecule has 3 aromatic rings. The maximum atomic E-state index is 13.7. The Morgan fingerprint density at radius 3 is 2.90 bits per heavy atom. The molecule has 0 atom stereocenters. The second-order valence-electron chi connectivity index (χ2n) is 4.32. The van der Waals surface area contributed by atoms with Crippen molar-refractivity contribution >= 4 is 68.8 Å². The summed E-state index contributed by atoms with van der Waals surface area (Å²) in [6.45, 7) is 0.704. The fourth-order valence-electron chi connectivity index (χ4n) is 2.08. The third-order valence-corrected chi connectivity index (χ3v) is 5.47. The van der Waals surface area contributed by atoms with E-state index in [2.05, 4.69) is 4.98 Å². The molecule has 0 radical (unpaired) electrons. The van der Waals surface area contributed by atoms with Crippen LogP contribution >= 0.6 is 57.7 Å². The second-order valence-corrected chi connectivity index (χ2v) is 7.67. The predicted molar refractivity (Wildman–Crippen MR) is 92.8 cm³/mol. The number of aryl methyl sites for hydroxylation is 2. The highest BCUT2D eigenvalue weighted by molar-refractivity contribution is 14.1. The lowest BCUT2D eigenvalue weighted by Gasteiger charge is -2.04. The van der Waals surface area contributed by atoms with Gasteiger partial charge < -0.3 is 9.55 Å².